The number of aryl methyl sites for hydroxylation is 1. The quantitative estimate of drug-likeness (QED) is 0.550. The Hall–Kier alpha value is -1.56. The summed E-state index contributed by atoms with van der Waals surface area (Å²) in [5, 5.41) is 12.1. The second-order valence-corrected chi connectivity index (χ2v) is 8.59. The number of hydrogen-bond donors (Lipinski definition) is 0. The van der Waals surface area contributed by atoms with E-state index in [1.807, 2.05) is 18.7 Å². The number of benzene rings is 1. The molecule has 2 aliphatic carbocycles. The molecule has 1 heterocycles. The molecule has 1 spiro atoms. The lowest BCUT2D eigenvalue weighted by Gasteiger charge is -2.40. The molecule has 0 aromatic heterocycles. The van der Waals surface area contributed by atoms with Gasteiger partial charge in [-0.2, -0.15) is 0 Å². The molecule has 0 atom stereocenters. The standard InChI is InChI=1S/C19H25N3O2S/c1-14-12-16(22(23)24)8-9-17(14)20-18-21(15-6-2-3-7-15)19(13-25-18)10-4-5-11-19/h8-9,12,15H,2-7,10-11,13H2,1H3/b20-18+. The largest absolute Gasteiger partial charge is 0.342 e. The summed E-state index contributed by atoms with van der Waals surface area (Å²) < 4.78 is 0. The van der Waals surface area contributed by atoms with Gasteiger partial charge in [0.25, 0.3) is 5.69 Å². The third-order valence-electron chi connectivity index (χ3n) is 6.02. The lowest BCUT2D eigenvalue weighted by atomic mass is 9.95. The Morgan fingerprint density at radius 3 is 2.60 bits per heavy atom. The van der Waals surface area contributed by atoms with Crippen LogP contribution in [0.1, 0.15) is 56.9 Å². The lowest BCUT2D eigenvalue weighted by molar-refractivity contribution is -0.384. The first-order valence-corrected chi connectivity index (χ1v) is 10.3. The van der Waals surface area contributed by atoms with Crippen LogP contribution in [0.25, 0.3) is 0 Å². The number of amidine groups is 1. The highest BCUT2D eigenvalue weighted by Gasteiger charge is 2.49. The first kappa shape index (κ1) is 16.9. The molecule has 1 aliphatic heterocycles. The van der Waals surface area contributed by atoms with Crippen molar-refractivity contribution in [2.24, 2.45) is 4.99 Å². The highest BCUT2D eigenvalue weighted by Crippen LogP contribution is 2.48. The van der Waals surface area contributed by atoms with E-state index in [2.05, 4.69) is 4.90 Å². The molecule has 1 aromatic rings. The number of nitro groups is 1. The Morgan fingerprint density at radius 2 is 1.96 bits per heavy atom. The average Bonchev–Trinajstić information content (AvgIpc) is 3.32. The predicted molar refractivity (Wildman–Crippen MR) is 103 cm³/mol. The third kappa shape index (κ3) is 3.05. The van der Waals surface area contributed by atoms with Gasteiger partial charge in [-0.1, -0.05) is 37.4 Å². The molecule has 1 aromatic carbocycles. The summed E-state index contributed by atoms with van der Waals surface area (Å²) in [5.41, 5.74) is 2.19. The SMILES string of the molecule is Cc1cc([N+](=O)[O-])ccc1/N=C1/SCC2(CCCC2)N1C1CCCC1. The van der Waals surface area contributed by atoms with Gasteiger partial charge in [0.2, 0.25) is 0 Å². The maximum atomic E-state index is 11.0. The van der Waals surface area contributed by atoms with Crippen molar-refractivity contribution in [3.05, 3.63) is 33.9 Å². The van der Waals surface area contributed by atoms with Gasteiger partial charge in [-0.15, -0.1) is 0 Å². The summed E-state index contributed by atoms with van der Waals surface area (Å²) in [6.45, 7) is 1.91. The molecule has 0 unspecified atom stereocenters. The smallest absolute Gasteiger partial charge is 0.269 e. The number of rotatable bonds is 3. The monoisotopic (exact) mass is 359 g/mol. The van der Waals surface area contributed by atoms with E-state index in [9.17, 15) is 10.1 Å². The summed E-state index contributed by atoms with van der Waals surface area (Å²) in [6, 6.07) is 5.62. The summed E-state index contributed by atoms with van der Waals surface area (Å²) in [4.78, 5) is 18.3. The van der Waals surface area contributed by atoms with Crippen LogP contribution in [0.2, 0.25) is 0 Å². The predicted octanol–water partition coefficient (Wildman–Crippen LogP) is 5.19. The molecular weight excluding hydrogens is 334 g/mol. The maximum absolute atomic E-state index is 11.0. The van der Waals surface area contributed by atoms with E-state index in [1.54, 1.807) is 18.2 Å². The summed E-state index contributed by atoms with van der Waals surface area (Å²) in [7, 11) is 0. The van der Waals surface area contributed by atoms with Gasteiger partial charge in [-0.05, 0) is 44.2 Å². The highest BCUT2D eigenvalue weighted by atomic mass is 32.2. The van der Waals surface area contributed by atoms with Gasteiger partial charge in [0, 0.05) is 23.9 Å². The van der Waals surface area contributed by atoms with Crippen LogP contribution in [-0.4, -0.2) is 32.3 Å². The van der Waals surface area contributed by atoms with Crippen molar-refractivity contribution in [3.63, 3.8) is 0 Å². The fourth-order valence-corrected chi connectivity index (χ4v) is 6.20. The van der Waals surface area contributed by atoms with Crippen LogP contribution in [0, 0.1) is 17.0 Å². The first-order valence-electron chi connectivity index (χ1n) is 9.35. The molecule has 25 heavy (non-hydrogen) atoms. The van der Waals surface area contributed by atoms with Gasteiger partial charge < -0.3 is 4.90 Å². The molecule has 1 saturated heterocycles. The molecule has 0 bridgehead atoms. The Balaban J connectivity index is 1.68. The molecule has 3 aliphatic rings. The van der Waals surface area contributed by atoms with Gasteiger partial charge in [0.05, 0.1) is 16.1 Å². The Labute approximate surface area is 153 Å². The minimum absolute atomic E-state index is 0.139. The summed E-state index contributed by atoms with van der Waals surface area (Å²) in [5.74, 6) is 1.15. The van der Waals surface area contributed by atoms with Gasteiger partial charge >= 0.3 is 0 Å². The van der Waals surface area contributed by atoms with Gasteiger partial charge in [0.1, 0.15) is 0 Å². The molecule has 5 nitrogen and oxygen atoms in total. The number of nitro benzene ring substituents is 1. The van der Waals surface area contributed by atoms with Crippen LogP contribution in [-0.2, 0) is 0 Å². The molecule has 6 heteroatoms. The number of non-ortho nitro benzene ring substituents is 1. The van der Waals surface area contributed by atoms with Crippen molar-refractivity contribution < 1.29 is 4.92 Å². The molecule has 4 rings (SSSR count). The fourth-order valence-electron chi connectivity index (χ4n) is 4.73. The second kappa shape index (κ2) is 6.63. The number of thioether (sulfide) groups is 1. The van der Waals surface area contributed by atoms with E-state index in [4.69, 9.17) is 4.99 Å². The molecule has 134 valence electrons. The Kier molecular flexibility index (Phi) is 4.48. The minimum Gasteiger partial charge on any atom is -0.342 e. The van der Waals surface area contributed by atoms with Crippen LogP contribution in [0.3, 0.4) is 0 Å². The van der Waals surface area contributed by atoms with Crippen LogP contribution in [0.15, 0.2) is 23.2 Å². The average molecular weight is 359 g/mol. The van der Waals surface area contributed by atoms with E-state index in [-0.39, 0.29) is 10.6 Å². The van der Waals surface area contributed by atoms with Gasteiger partial charge in [-0.3, -0.25) is 10.1 Å². The van der Waals surface area contributed by atoms with E-state index in [1.165, 1.54) is 51.4 Å². The fraction of sp³-hybridized carbons (Fsp3) is 0.632. The van der Waals surface area contributed by atoms with E-state index < -0.39 is 0 Å². The normalized spacial score (nSPS) is 24.7. The maximum Gasteiger partial charge on any atom is 0.269 e. The number of nitrogens with zero attached hydrogens (tertiary/aromatic N) is 3. The zero-order valence-electron chi connectivity index (χ0n) is 14.7. The van der Waals surface area contributed by atoms with Crippen molar-refractivity contribution in [1.29, 1.82) is 0 Å². The first-order chi connectivity index (χ1) is 12.1. The number of hydrogen-bond acceptors (Lipinski definition) is 4. The van der Waals surface area contributed by atoms with Crippen LogP contribution in [0.4, 0.5) is 11.4 Å². The highest BCUT2D eigenvalue weighted by molar-refractivity contribution is 8.14. The topological polar surface area (TPSA) is 58.7 Å². The van der Waals surface area contributed by atoms with Gasteiger partial charge in [0.15, 0.2) is 5.17 Å². The summed E-state index contributed by atoms with van der Waals surface area (Å²) >= 11 is 1.89. The molecule has 2 saturated carbocycles. The molecular formula is C19H25N3O2S. The van der Waals surface area contributed by atoms with Crippen molar-refractivity contribution in [1.82, 2.24) is 4.90 Å². The second-order valence-electron chi connectivity index (χ2n) is 7.65. The third-order valence-corrected chi connectivity index (χ3v) is 7.25. The van der Waals surface area contributed by atoms with Crippen LogP contribution >= 0.6 is 11.8 Å². The molecule has 0 N–H and O–H groups in total. The van der Waals surface area contributed by atoms with Gasteiger partial charge in [-0.25, -0.2) is 4.99 Å². The zero-order chi connectivity index (χ0) is 17.4. The molecule has 3 fully saturated rings. The van der Waals surface area contributed by atoms with Crippen molar-refractivity contribution >= 4 is 28.3 Å². The lowest BCUT2D eigenvalue weighted by Crippen LogP contribution is -2.50. The van der Waals surface area contributed by atoms with Crippen molar-refractivity contribution in [3.8, 4) is 0 Å². The molecule has 0 amide bonds. The Bertz CT molecular complexity index is 707. The Morgan fingerprint density at radius 1 is 1.24 bits per heavy atom. The van der Waals surface area contributed by atoms with E-state index >= 15 is 0 Å². The summed E-state index contributed by atoms with van der Waals surface area (Å²) in [6.07, 6.45) is 10.4. The van der Waals surface area contributed by atoms with Crippen LogP contribution in [0.5, 0.6) is 0 Å². The molecule has 0 radical (unpaired) electrons. The van der Waals surface area contributed by atoms with E-state index in [0.717, 1.165) is 22.2 Å². The minimum atomic E-state index is -0.341. The van der Waals surface area contributed by atoms with Crippen LogP contribution < -0.4 is 0 Å². The van der Waals surface area contributed by atoms with Crippen molar-refractivity contribution in [2.45, 2.75) is 69.9 Å². The van der Waals surface area contributed by atoms with E-state index in [0.29, 0.717) is 11.6 Å². The number of aliphatic imine (C=N–C) groups is 1. The zero-order valence-corrected chi connectivity index (χ0v) is 15.6. The van der Waals surface area contributed by atoms with Crippen molar-refractivity contribution in [2.75, 3.05) is 5.75 Å².